The molecule has 2 aromatic rings. The molecule has 0 bridgehead atoms. The summed E-state index contributed by atoms with van der Waals surface area (Å²) in [6.45, 7) is 2.96. The number of nitrogens with one attached hydrogen (secondary N) is 1. The van der Waals surface area contributed by atoms with Crippen LogP contribution in [0.15, 0.2) is 48.5 Å². The van der Waals surface area contributed by atoms with Crippen LogP contribution in [-0.2, 0) is 16.7 Å². The number of hydrogen-bond donors (Lipinski definition) is 1. The third-order valence-corrected chi connectivity index (χ3v) is 4.76. The normalized spacial score (nSPS) is 16.5. The Labute approximate surface area is 142 Å². The first-order chi connectivity index (χ1) is 11.7. The van der Waals surface area contributed by atoms with Crippen molar-refractivity contribution >= 4 is 0 Å². The van der Waals surface area contributed by atoms with Crippen molar-refractivity contribution in [3.8, 4) is 6.07 Å². The van der Waals surface area contributed by atoms with Crippen LogP contribution in [0.4, 0.5) is 4.39 Å². The van der Waals surface area contributed by atoms with Crippen LogP contribution in [-0.4, -0.2) is 19.8 Å². The molecule has 0 saturated carbocycles. The number of rotatable bonds is 5. The molecule has 1 heterocycles. The summed E-state index contributed by atoms with van der Waals surface area (Å²) in [5.74, 6) is -0.206. The van der Waals surface area contributed by atoms with Gasteiger partial charge in [-0.1, -0.05) is 24.3 Å². The first-order valence-electron chi connectivity index (χ1n) is 8.25. The first kappa shape index (κ1) is 16.6. The Kier molecular flexibility index (Phi) is 5.24. The molecule has 1 saturated heterocycles. The SMILES string of the molecule is N#Cc1cccc(CNCC2(c3ccc(F)cc3)CCOCC2)c1. The summed E-state index contributed by atoms with van der Waals surface area (Å²) in [6.07, 6.45) is 1.84. The Bertz CT molecular complexity index is 715. The van der Waals surface area contributed by atoms with Crippen LogP contribution in [0.25, 0.3) is 0 Å². The maximum absolute atomic E-state index is 13.3. The average Bonchev–Trinajstić information content (AvgIpc) is 2.63. The molecule has 124 valence electrons. The lowest BCUT2D eigenvalue weighted by Gasteiger charge is -2.38. The highest BCUT2D eigenvalue weighted by Crippen LogP contribution is 2.34. The molecule has 0 radical (unpaired) electrons. The molecule has 1 aliphatic rings. The highest BCUT2D eigenvalue weighted by atomic mass is 19.1. The zero-order chi connectivity index (χ0) is 16.8. The van der Waals surface area contributed by atoms with Crippen LogP contribution in [0, 0.1) is 17.1 Å². The van der Waals surface area contributed by atoms with Crippen molar-refractivity contribution < 1.29 is 9.13 Å². The molecule has 3 nitrogen and oxygen atoms in total. The van der Waals surface area contributed by atoms with E-state index in [1.165, 1.54) is 12.1 Å². The highest BCUT2D eigenvalue weighted by molar-refractivity contribution is 5.33. The van der Waals surface area contributed by atoms with Gasteiger partial charge < -0.3 is 10.1 Å². The molecule has 3 rings (SSSR count). The van der Waals surface area contributed by atoms with Crippen molar-refractivity contribution in [1.29, 1.82) is 5.26 Å². The lowest BCUT2D eigenvalue weighted by atomic mass is 9.74. The van der Waals surface area contributed by atoms with Gasteiger partial charge in [-0.25, -0.2) is 4.39 Å². The smallest absolute Gasteiger partial charge is 0.123 e. The van der Waals surface area contributed by atoms with E-state index >= 15 is 0 Å². The van der Waals surface area contributed by atoms with Crippen LogP contribution >= 0.6 is 0 Å². The number of ether oxygens (including phenoxy) is 1. The number of nitriles is 1. The van der Waals surface area contributed by atoms with E-state index in [0.717, 1.165) is 43.7 Å². The standard InChI is InChI=1S/C20H21FN2O/c21-19-6-4-18(5-7-19)20(8-10-24-11-9-20)15-23-14-17-3-1-2-16(12-17)13-22/h1-7,12,23H,8-11,14-15H2. The molecule has 2 aromatic carbocycles. The van der Waals surface area contributed by atoms with E-state index in [1.807, 2.05) is 36.4 Å². The summed E-state index contributed by atoms with van der Waals surface area (Å²) in [4.78, 5) is 0. The molecule has 0 spiro atoms. The molecule has 0 amide bonds. The minimum Gasteiger partial charge on any atom is -0.381 e. The Balaban J connectivity index is 1.70. The van der Waals surface area contributed by atoms with Crippen LogP contribution in [0.2, 0.25) is 0 Å². The number of halogens is 1. The molecule has 0 atom stereocenters. The number of hydrogen-bond acceptors (Lipinski definition) is 3. The van der Waals surface area contributed by atoms with Gasteiger partial charge in [0.05, 0.1) is 11.6 Å². The fourth-order valence-electron chi connectivity index (χ4n) is 3.33. The third-order valence-electron chi connectivity index (χ3n) is 4.76. The fraction of sp³-hybridized carbons (Fsp3) is 0.350. The molecule has 4 heteroatoms. The van der Waals surface area contributed by atoms with Gasteiger partial charge in [-0.05, 0) is 48.2 Å². The number of benzene rings is 2. The lowest BCUT2D eigenvalue weighted by Crippen LogP contribution is -2.42. The number of nitrogens with zero attached hydrogens (tertiary/aromatic N) is 1. The Hall–Kier alpha value is -2.22. The van der Waals surface area contributed by atoms with Crippen molar-refractivity contribution in [3.05, 3.63) is 71.0 Å². The quantitative estimate of drug-likeness (QED) is 0.915. The second-order valence-electron chi connectivity index (χ2n) is 6.32. The first-order valence-corrected chi connectivity index (χ1v) is 8.25. The van der Waals surface area contributed by atoms with E-state index in [-0.39, 0.29) is 11.2 Å². The summed E-state index contributed by atoms with van der Waals surface area (Å²) in [6, 6.07) is 16.6. The topological polar surface area (TPSA) is 45.0 Å². The molecule has 1 fully saturated rings. The van der Waals surface area contributed by atoms with E-state index in [9.17, 15) is 4.39 Å². The second kappa shape index (κ2) is 7.57. The molecular weight excluding hydrogens is 303 g/mol. The van der Waals surface area contributed by atoms with Crippen LogP contribution in [0.1, 0.15) is 29.5 Å². The lowest BCUT2D eigenvalue weighted by molar-refractivity contribution is 0.0497. The average molecular weight is 324 g/mol. The highest BCUT2D eigenvalue weighted by Gasteiger charge is 2.34. The van der Waals surface area contributed by atoms with E-state index in [2.05, 4.69) is 11.4 Å². The molecule has 1 N–H and O–H groups in total. The summed E-state index contributed by atoms with van der Waals surface area (Å²) < 4.78 is 18.8. The van der Waals surface area contributed by atoms with Gasteiger partial charge in [0, 0.05) is 31.7 Å². The van der Waals surface area contributed by atoms with Crippen LogP contribution in [0.3, 0.4) is 0 Å². The summed E-state index contributed by atoms with van der Waals surface area (Å²) in [7, 11) is 0. The van der Waals surface area contributed by atoms with E-state index < -0.39 is 0 Å². The van der Waals surface area contributed by atoms with Gasteiger partial charge in [0.15, 0.2) is 0 Å². The predicted octanol–water partition coefficient (Wildman–Crippen LogP) is 3.54. The van der Waals surface area contributed by atoms with Gasteiger partial charge >= 0.3 is 0 Å². The monoisotopic (exact) mass is 324 g/mol. The van der Waals surface area contributed by atoms with Gasteiger partial charge in [-0.15, -0.1) is 0 Å². The fourth-order valence-corrected chi connectivity index (χ4v) is 3.33. The van der Waals surface area contributed by atoms with Gasteiger partial charge in [0.25, 0.3) is 0 Å². The van der Waals surface area contributed by atoms with Gasteiger partial charge in [-0.2, -0.15) is 5.26 Å². The zero-order valence-electron chi connectivity index (χ0n) is 13.6. The van der Waals surface area contributed by atoms with Gasteiger partial charge in [0.1, 0.15) is 5.82 Å². The van der Waals surface area contributed by atoms with Crippen molar-refractivity contribution in [3.63, 3.8) is 0 Å². The van der Waals surface area contributed by atoms with Crippen molar-refractivity contribution in [2.24, 2.45) is 0 Å². The summed E-state index contributed by atoms with van der Waals surface area (Å²) in [5.41, 5.74) is 2.90. The minimum absolute atomic E-state index is 0.0290. The van der Waals surface area contributed by atoms with Crippen molar-refractivity contribution in [1.82, 2.24) is 5.32 Å². The second-order valence-corrected chi connectivity index (χ2v) is 6.32. The molecule has 0 unspecified atom stereocenters. The van der Waals surface area contributed by atoms with Crippen LogP contribution in [0.5, 0.6) is 0 Å². The predicted molar refractivity (Wildman–Crippen MR) is 91.0 cm³/mol. The van der Waals surface area contributed by atoms with E-state index in [1.54, 1.807) is 0 Å². The Morgan fingerprint density at radius 3 is 2.58 bits per heavy atom. The molecule has 0 aliphatic carbocycles. The molecular formula is C20H21FN2O. The molecule has 0 aromatic heterocycles. The Morgan fingerprint density at radius 2 is 1.88 bits per heavy atom. The maximum Gasteiger partial charge on any atom is 0.123 e. The minimum atomic E-state index is -0.206. The van der Waals surface area contributed by atoms with E-state index in [4.69, 9.17) is 10.00 Å². The summed E-state index contributed by atoms with van der Waals surface area (Å²) >= 11 is 0. The summed E-state index contributed by atoms with van der Waals surface area (Å²) in [5, 5.41) is 12.5. The molecule has 24 heavy (non-hydrogen) atoms. The largest absolute Gasteiger partial charge is 0.381 e. The van der Waals surface area contributed by atoms with Gasteiger partial charge in [-0.3, -0.25) is 0 Å². The van der Waals surface area contributed by atoms with Crippen molar-refractivity contribution in [2.45, 2.75) is 24.8 Å². The zero-order valence-corrected chi connectivity index (χ0v) is 13.6. The molecule has 1 aliphatic heterocycles. The third kappa shape index (κ3) is 3.81. The van der Waals surface area contributed by atoms with Gasteiger partial charge in [0.2, 0.25) is 0 Å². The van der Waals surface area contributed by atoms with Crippen LogP contribution < -0.4 is 5.32 Å². The maximum atomic E-state index is 13.3. The van der Waals surface area contributed by atoms with E-state index in [0.29, 0.717) is 12.1 Å². The Morgan fingerprint density at radius 1 is 1.12 bits per heavy atom. The van der Waals surface area contributed by atoms with Crippen molar-refractivity contribution in [2.75, 3.05) is 19.8 Å².